The van der Waals surface area contributed by atoms with Crippen molar-refractivity contribution in [3.63, 3.8) is 0 Å². The summed E-state index contributed by atoms with van der Waals surface area (Å²) in [4.78, 5) is 27.0. The van der Waals surface area contributed by atoms with Gasteiger partial charge in [-0.25, -0.2) is 9.78 Å². The Labute approximate surface area is 256 Å². The molecule has 3 N–H and O–H groups in total. The molecule has 2 saturated carbocycles. The van der Waals surface area contributed by atoms with Gasteiger partial charge in [-0.1, -0.05) is 72.8 Å². The van der Waals surface area contributed by atoms with E-state index in [0.717, 1.165) is 29.9 Å². The first-order valence-electron chi connectivity index (χ1n) is 14.5. The number of nitrogens with zero attached hydrogens (tertiary/aromatic N) is 4. The number of benzene rings is 2. The lowest BCUT2D eigenvalue weighted by Crippen LogP contribution is -2.48. The lowest BCUT2D eigenvalue weighted by molar-refractivity contribution is 0.147. The van der Waals surface area contributed by atoms with Gasteiger partial charge >= 0.3 is 6.03 Å². The Hall–Kier alpha value is -3.27. The number of aromatic nitrogens is 2. The smallest absolute Gasteiger partial charge is 0.330 e. The van der Waals surface area contributed by atoms with Crippen molar-refractivity contribution in [3.8, 4) is 11.5 Å². The molecule has 42 heavy (non-hydrogen) atoms. The molecule has 1 unspecified atom stereocenters. The Kier molecular flexibility index (Phi) is 8.34. The molecule has 9 nitrogen and oxygen atoms in total. The van der Waals surface area contributed by atoms with Crippen molar-refractivity contribution < 1.29 is 14.3 Å². The highest BCUT2D eigenvalue weighted by molar-refractivity contribution is 6.42. The summed E-state index contributed by atoms with van der Waals surface area (Å²) in [6.07, 6.45) is 8.93. The van der Waals surface area contributed by atoms with Crippen LogP contribution in [0, 0.1) is 11.8 Å². The normalized spacial score (nSPS) is 22.4. The molecule has 2 amide bonds. The number of methoxy groups -OCH3 is 2. The van der Waals surface area contributed by atoms with E-state index in [1.165, 1.54) is 44.8 Å². The van der Waals surface area contributed by atoms with Crippen LogP contribution in [0.15, 0.2) is 42.6 Å². The number of rotatable bonds is 8. The largest absolute Gasteiger partial charge is 0.495 e. The van der Waals surface area contributed by atoms with E-state index in [2.05, 4.69) is 10.3 Å². The van der Waals surface area contributed by atoms with Crippen molar-refractivity contribution in [1.82, 2.24) is 9.97 Å². The van der Waals surface area contributed by atoms with Crippen LogP contribution in [0.5, 0.6) is 11.5 Å². The zero-order valence-corrected chi connectivity index (χ0v) is 25.4. The predicted octanol–water partition coefficient (Wildman–Crippen LogP) is 6.66. The molecule has 3 aromatic rings. The second-order valence-electron chi connectivity index (χ2n) is 11.4. The fourth-order valence-electron chi connectivity index (χ4n) is 6.38. The summed E-state index contributed by atoms with van der Waals surface area (Å²) in [6, 6.07) is 11.2. The molecule has 0 radical (unpaired) electrons. The maximum Gasteiger partial charge on any atom is 0.330 e. The molecule has 3 aliphatic rings. The number of amides is 2. The van der Waals surface area contributed by atoms with Gasteiger partial charge in [0.1, 0.15) is 27.4 Å². The molecule has 6 rings (SSSR count). The second kappa shape index (κ2) is 12.1. The summed E-state index contributed by atoms with van der Waals surface area (Å²) in [5, 5.41) is 3.96. The quantitative estimate of drug-likeness (QED) is 0.294. The topological polar surface area (TPSA) is 106 Å². The van der Waals surface area contributed by atoms with Crippen molar-refractivity contribution in [2.24, 2.45) is 17.6 Å². The first-order chi connectivity index (χ1) is 20.4. The highest BCUT2D eigenvalue weighted by Gasteiger charge is 2.38. The van der Waals surface area contributed by atoms with Crippen LogP contribution < -0.4 is 30.3 Å². The monoisotopic (exact) mass is 610 g/mol. The standard InChI is InChI=1S/C31H36Cl2N6O3/c1-41-24-14-25(42-2)27(33)28(26(24)32)38-17-21-15-35-30(36-23-13-20(11-12-22(23)34)19-9-6-10-19)37-29(21)39(31(38)40)16-18-7-4-3-5-8-18/h3-5,7-8,14-15,19-20,22-23H,6,9-13,16-17,34H2,1-2H3,(H,35,36,37)/t20?,22-,23+/m0/s1. The highest BCUT2D eigenvalue weighted by atomic mass is 35.5. The number of nitrogens with two attached hydrogens (primary N) is 1. The second-order valence-corrected chi connectivity index (χ2v) is 12.2. The molecule has 1 aliphatic heterocycles. The molecule has 2 aromatic carbocycles. The molecule has 3 atom stereocenters. The Morgan fingerprint density at radius 3 is 2.38 bits per heavy atom. The number of carbonyl (C=O) groups excluding carboxylic acids is 1. The summed E-state index contributed by atoms with van der Waals surface area (Å²) in [7, 11) is 3.00. The lowest BCUT2D eigenvalue weighted by atomic mass is 9.68. The summed E-state index contributed by atoms with van der Waals surface area (Å²) in [5.41, 5.74) is 8.57. The third kappa shape index (κ3) is 5.45. The van der Waals surface area contributed by atoms with Crippen LogP contribution in [-0.2, 0) is 13.1 Å². The van der Waals surface area contributed by atoms with Gasteiger partial charge in [-0.15, -0.1) is 0 Å². The summed E-state index contributed by atoms with van der Waals surface area (Å²) in [5.74, 6) is 3.21. The number of ether oxygens (including phenoxy) is 2. The molecule has 2 heterocycles. The van der Waals surface area contributed by atoms with Gasteiger partial charge in [0, 0.05) is 29.9 Å². The van der Waals surface area contributed by atoms with Gasteiger partial charge in [-0.2, -0.15) is 4.98 Å². The van der Waals surface area contributed by atoms with Crippen molar-refractivity contribution in [2.75, 3.05) is 29.3 Å². The van der Waals surface area contributed by atoms with Crippen LogP contribution in [0.25, 0.3) is 0 Å². The predicted molar refractivity (Wildman–Crippen MR) is 166 cm³/mol. The first-order valence-corrected chi connectivity index (χ1v) is 15.2. The number of anilines is 3. The minimum Gasteiger partial charge on any atom is -0.495 e. The van der Waals surface area contributed by atoms with Gasteiger partial charge in [0.25, 0.3) is 0 Å². The van der Waals surface area contributed by atoms with Crippen LogP contribution in [0.2, 0.25) is 10.0 Å². The van der Waals surface area contributed by atoms with Gasteiger partial charge in [0.15, 0.2) is 0 Å². The highest BCUT2D eigenvalue weighted by Crippen LogP contribution is 2.48. The maximum atomic E-state index is 14.3. The van der Waals surface area contributed by atoms with Crippen LogP contribution >= 0.6 is 23.2 Å². The zero-order valence-electron chi connectivity index (χ0n) is 23.9. The van der Waals surface area contributed by atoms with Crippen LogP contribution in [0.1, 0.15) is 49.7 Å². The zero-order chi connectivity index (χ0) is 29.4. The lowest BCUT2D eigenvalue weighted by Gasteiger charge is -2.41. The molecule has 2 aliphatic carbocycles. The molecule has 1 aromatic heterocycles. The number of halogens is 2. The van der Waals surface area contributed by atoms with E-state index in [-0.39, 0.29) is 34.7 Å². The van der Waals surface area contributed by atoms with Crippen LogP contribution in [0.3, 0.4) is 0 Å². The van der Waals surface area contributed by atoms with Crippen molar-refractivity contribution in [2.45, 2.75) is 63.7 Å². The number of nitrogens with one attached hydrogen (secondary N) is 1. The van der Waals surface area contributed by atoms with Crippen molar-refractivity contribution >= 4 is 46.7 Å². The Balaban J connectivity index is 1.35. The fourth-order valence-corrected chi connectivity index (χ4v) is 7.08. The molecule has 0 spiro atoms. The molecular formula is C31H36Cl2N6O3. The van der Waals surface area contributed by atoms with E-state index in [1.807, 2.05) is 30.3 Å². The average Bonchev–Trinajstić information content (AvgIpc) is 2.97. The molecule has 2 fully saturated rings. The molecule has 0 bridgehead atoms. The Morgan fingerprint density at radius 1 is 1.02 bits per heavy atom. The van der Waals surface area contributed by atoms with Gasteiger partial charge < -0.3 is 20.5 Å². The molecule has 11 heteroatoms. The number of urea groups is 1. The maximum absolute atomic E-state index is 14.3. The van der Waals surface area contributed by atoms with Gasteiger partial charge in [0.2, 0.25) is 5.95 Å². The minimum atomic E-state index is -0.325. The number of fused-ring (bicyclic) bond motifs is 1. The molecular weight excluding hydrogens is 575 g/mol. The van der Waals surface area contributed by atoms with E-state index in [0.29, 0.717) is 41.4 Å². The SMILES string of the molecule is COc1cc(OC)c(Cl)c(N2Cc3cnc(N[C@@H]4CC(C5CCC5)CC[C@@H]4N)nc3N(Cc3ccccc3)C2=O)c1Cl. The van der Waals surface area contributed by atoms with Crippen LogP contribution in [-0.4, -0.2) is 42.3 Å². The number of hydrogen-bond acceptors (Lipinski definition) is 7. The first kappa shape index (κ1) is 28.8. The third-order valence-electron chi connectivity index (χ3n) is 8.97. The fraction of sp³-hybridized carbons (Fsp3) is 0.452. The molecule has 0 saturated heterocycles. The third-order valence-corrected chi connectivity index (χ3v) is 9.70. The summed E-state index contributed by atoms with van der Waals surface area (Å²) < 4.78 is 10.9. The van der Waals surface area contributed by atoms with E-state index >= 15 is 0 Å². The van der Waals surface area contributed by atoms with Gasteiger partial charge in [0.05, 0.1) is 33.0 Å². The number of carbonyl (C=O) groups is 1. The minimum absolute atomic E-state index is 0.0332. The van der Waals surface area contributed by atoms with E-state index in [1.54, 1.807) is 17.2 Å². The Bertz CT molecular complexity index is 1430. The van der Waals surface area contributed by atoms with Crippen molar-refractivity contribution in [1.29, 1.82) is 0 Å². The summed E-state index contributed by atoms with van der Waals surface area (Å²) >= 11 is 13.5. The van der Waals surface area contributed by atoms with E-state index in [4.69, 9.17) is 43.4 Å². The van der Waals surface area contributed by atoms with Crippen molar-refractivity contribution in [3.05, 3.63) is 63.8 Å². The number of hydrogen-bond donors (Lipinski definition) is 2. The van der Waals surface area contributed by atoms with E-state index < -0.39 is 0 Å². The van der Waals surface area contributed by atoms with E-state index in [9.17, 15) is 4.79 Å². The summed E-state index contributed by atoms with van der Waals surface area (Å²) in [6.45, 7) is 0.463. The Morgan fingerprint density at radius 2 is 1.74 bits per heavy atom. The van der Waals surface area contributed by atoms with Gasteiger partial charge in [-0.05, 0) is 36.7 Å². The van der Waals surface area contributed by atoms with Gasteiger partial charge in [-0.3, -0.25) is 9.80 Å². The average molecular weight is 612 g/mol. The van der Waals surface area contributed by atoms with Crippen LogP contribution in [0.4, 0.5) is 22.2 Å². The molecule has 222 valence electrons.